The van der Waals surface area contributed by atoms with E-state index in [1.165, 1.54) is 12.5 Å². The quantitative estimate of drug-likeness (QED) is 0.651. The number of piperidine rings is 1. The Kier molecular flexibility index (Phi) is 6.37. The molecule has 0 unspecified atom stereocenters. The topological polar surface area (TPSA) is 71.8 Å². The maximum atomic E-state index is 12.9. The predicted octanol–water partition coefficient (Wildman–Crippen LogP) is 4.07. The Bertz CT molecular complexity index is 1110. The molecule has 1 aliphatic rings. The van der Waals surface area contributed by atoms with Crippen LogP contribution in [0.4, 0.5) is 0 Å². The molecule has 1 atom stereocenters. The largest absolute Gasteiger partial charge is 0.497 e. The Morgan fingerprint density at radius 3 is 2.55 bits per heavy atom. The molecule has 0 bridgehead atoms. The van der Waals surface area contributed by atoms with Crippen molar-refractivity contribution >= 4 is 16.9 Å². The number of ether oxygens (including phenoxy) is 1. The first kappa shape index (κ1) is 21.1. The molecule has 1 aromatic heterocycles. The molecule has 2 heterocycles. The average molecular weight is 421 g/mol. The number of carbonyl (C=O) groups is 1. The van der Waals surface area contributed by atoms with E-state index in [1.54, 1.807) is 19.2 Å². The maximum Gasteiger partial charge on any atom is 0.287 e. The van der Waals surface area contributed by atoms with E-state index >= 15 is 0 Å². The molecule has 1 amide bonds. The Morgan fingerprint density at radius 2 is 1.84 bits per heavy atom. The molecule has 0 radical (unpaired) electrons. The zero-order chi connectivity index (χ0) is 21.8. The lowest BCUT2D eigenvalue weighted by molar-refractivity contribution is 0.0897. The molecule has 6 nitrogen and oxygen atoms in total. The number of benzene rings is 2. The molecular formula is C25H28N2O4. The second-order valence-corrected chi connectivity index (χ2v) is 8.07. The van der Waals surface area contributed by atoms with E-state index in [2.05, 4.69) is 10.2 Å². The number of fused-ring (bicyclic) bond motifs is 1. The Balaban J connectivity index is 1.55. The summed E-state index contributed by atoms with van der Waals surface area (Å²) in [5, 5.41) is 3.46. The Hall–Kier alpha value is -3.12. The van der Waals surface area contributed by atoms with E-state index in [0.29, 0.717) is 17.5 Å². The van der Waals surface area contributed by atoms with Crippen LogP contribution in [-0.4, -0.2) is 37.6 Å². The molecule has 1 saturated heterocycles. The summed E-state index contributed by atoms with van der Waals surface area (Å²) >= 11 is 0. The molecule has 1 aliphatic heterocycles. The summed E-state index contributed by atoms with van der Waals surface area (Å²) in [5.41, 5.74) is 2.31. The highest BCUT2D eigenvalue weighted by Gasteiger charge is 2.24. The third-order valence-electron chi connectivity index (χ3n) is 5.90. The number of nitrogens with one attached hydrogen (secondary N) is 1. The van der Waals surface area contributed by atoms with Gasteiger partial charge in [0.25, 0.3) is 5.91 Å². The predicted molar refractivity (Wildman–Crippen MR) is 121 cm³/mol. The van der Waals surface area contributed by atoms with Gasteiger partial charge in [0.05, 0.1) is 18.5 Å². The number of hydrogen-bond donors (Lipinski definition) is 1. The monoisotopic (exact) mass is 420 g/mol. The second kappa shape index (κ2) is 9.35. The zero-order valence-corrected chi connectivity index (χ0v) is 18.0. The van der Waals surface area contributed by atoms with Gasteiger partial charge in [0, 0.05) is 12.6 Å². The van der Waals surface area contributed by atoms with Crippen molar-refractivity contribution in [3.8, 4) is 5.75 Å². The van der Waals surface area contributed by atoms with Gasteiger partial charge in [0.1, 0.15) is 11.3 Å². The highest BCUT2D eigenvalue weighted by molar-refractivity contribution is 5.93. The molecule has 2 aromatic carbocycles. The minimum atomic E-state index is -0.379. The molecule has 0 spiro atoms. The molecular weight excluding hydrogens is 392 g/mol. The highest BCUT2D eigenvalue weighted by Crippen LogP contribution is 2.26. The van der Waals surface area contributed by atoms with Crippen LogP contribution in [0, 0.1) is 6.92 Å². The van der Waals surface area contributed by atoms with Gasteiger partial charge in [-0.3, -0.25) is 14.5 Å². The van der Waals surface area contributed by atoms with Crippen LogP contribution in [0.3, 0.4) is 0 Å². The van der Waals surface area contributed by atoms with Gasteiger partial charge in [-0.15, -0.1) is 0 Å². The molecule has 1 fully saturated rings. The van der Waals surface area contributed by atoms with Crippen molar-refractivity contribution < 1.29 is 13.9 Å². The summed E-state index contributed by atoms with van der Waals surface area (Å²) in [6.45, 7) is 4.35. The number of hydrogen-bond acceptors (Lipinski definition) is 5. The third-order valence-corrected chi connectivity index (χ3v) is 5.90. The van der Waals surface area contributed by atoms with Gasteiger partial charge in [0.15, 0.2) is 11.2 Å². The molecule has 0 saturated carbocycles. The van der Waals surface area contributed by atoms with E-state index in [9.17, 15) is 9.59 Å². The van der Waals surface area contributed by atoms with Crippen molar-refractivity contribution in [3.63, 3.8) is 0 Å². The number of amides is 1. The maximum absolute atomic E-state index is 12.9. The van der Waals surface area contributed by atoms with Crippen LogP contribution in [0.15, 0.2) is 57.7 Å². The summed E-state index contributed by atoms with van der Waals surface area (Å²) in [4.78, 5) is 27.7. The fourth-order valence-electron chi connectivity index (χ4n) is 4.16. The molecule has 3 aromatic rings. The van der Waals surface area contributed by atoms with Gasteiger partial charge in [0.2, 0.25) is 0 Å². The van der Waals surface area contributed by atoms with Crippen molar-refractivity contribution in [2.45, 2.75) is 32.2 Å². The first-order valence-electron chi connectivity index (χ1n) is 10.8. The zero-order valence-electron chi connectivity index (χ0n) is 18.0. The summed E-state index contributed by atoms with van der Waals surface area (Å²) in [6, 6.07) is 14.7. The van der Waals surface area contributed by atoms with Crippen molar-refractivity contribution in [2.24, 2.45) is 0 Å². The normalized spacial score (nSPS) is 15.5. The number of methoxy groups -OCH3 is 1. The number of likely N-dealkylation sites (tertiary alicyclic amines) is 1. The standard InChI is InChI=1S/C25H28N2O4/c1-17-6-11-20-22(28)15-24(31-23(20)14-17)25(29)26-16-21(27-12-4-3-5-13-27)18-7-9-19(30-2)10-8-18/h6-11,14-15,21H,3-5,12-13,16H2,1-2H3,(H,26,29)/t21-/m0/s1. The lowest BCUT2D eigenvalue weighted by Crippen LogP contribution is -2.40. The van der Waals surface area contributed by atoms with E-state index in [-0.39, 0.29) is 23.1 Å². The van der Waals surface area contributed by atoms with Crippen molar-refractivity contribution in [1.29, 1.82) is 0 Å². The van der Waals surface area contributed by atoms with Gasteiger partial charge < -0.3 is 14.5 Å². The lowest BCUT2D eigenvalue weighted by atomic mass is 10.0. The van der Waals surface area contributed by atoms with E-state index in [0.717, 1.165) is 42.8 Å². The number of nitrogens with zero attached hydrogens (tertiary/aromatic N) is 1. The fourth-order valence-corrected chi connectivity index (χ4v) is 4.16. The van der Waals surface area contributed by atoms with Crippen LogP contribution in [0.5, 0.6) is 5.75 Å². The van der Waals surface area contributed by atoms with Crippen molar-refractivity contribution in [1.82, 2.24) is 10.2 Å². The number of aryl methyl sites for hydroxylation is 1. The van der Waals surface area contributed by atoms with E-state index < -0.39 is 0 Å². The number of rotatable bonds is 6. The molecule has 162 valence electrons. The molecule has 4 rings (SSSR count). The lowest BCUT2D eigenvalue weighted by Gasteiger charge is -2.35. The molecule has 31 heavy (non-hydrogen) atoms. The van der Waals surface area contributed by atoms with Gasteiger partial charge in [-0.1, -0.05) is 24.6 Å². The van der Waals surface area contributed by atoms with E-state index in [1.807, 2.05) is 37.3 Å². The van der Waals surface area contributed by atoms with Crippen LogP contribution in [0.2, 0.25) is 0 Å². The van der Waals surface area contributed by atoms with Crippen molar-refractivity contribution in [3.05, 3.63) is 75.6 Å². The number of carbonyl (C=O) groups excluding carboxylic acids is 1. The molecule has 0 aliphatic carbocycles. The first-order valence-corrected chi connectivity index (χ1v) is 10.8. The average Bonchev–Trinajstić information content (AvgIpc) is 2.79. The van der Waals surface area contributed by atoms with Crippen LogP contribution < -0.4 is 15.5 Å². The second-order valence-electron chi connectivity index (χ2n) is 8.07. The first-order chi connectivity index (χ1) is 15.0. The van der Waals surface area contributed by atoms with Crippen LogP contribution >= 0.6 is 0 Å². The van der Waals surface area contributed by atoms with Crippen LogP contribution in [0.1, 0.15) is 47.0 Å². The van der Waals surface area contributed by atoms with Gasteiger partial charge in [-0.2, -0.15) is 0 Å². The van der Waals surface area contributed by atoms with Crippen LogP contribution in [0.25, 0.3) is 11.0 Å². The third kappa shape index (κ3) is 4.80. The molecule has 1 N–H and O–H groups in total. The minimum absolute atomic E-state index is 0.0372. The van der Waals surface area contributed by atoms with Gasteiger partial charge in [-0.05, 0) is 68.2 Å². The smallest absolute Gasteiger partial charge is 0.287 e. The Labute approximate surface area is 181 Å². The summed E-state index contributed by atoms with van der Waals surface area (Å²) < 4.78 is 11.0. The highest BCUT2D eigenvalue weighted by atomic mass is 16.5. The summed E-state index contributed by atoms with van der Waals surface area (Å²) in [6.07, 6.45) is 3.54. The SMILES string of the molecule is COc1ccc([C@H](CNC(=O)c2cc(=O)c3ccc(C)cc3o2)N2CCCCC2)cc1. The minimum Gasteiger partial charge on any atom is -0.497 e. The molecule has 6 heteroatoms. The summed E-state index contributed by atoms with van der Waals surface area (Å²) in [7, 11) is 1.65. The van der Waals surface area contributed by atoms with Crippen molar-refractivity contribution in [2.75, 3.05) is 26.7 Å². The summed E-state index contributed by atoms with van der Waals surface area (Å²) in [5.74, 6) is 0.463. The Morgan fingerprint density at radius 1 is 1.10 bits per heavy atom. The van der Waals surface area contributed by atoms with Crippen LogP contribution in [-0.2, 0) is 0 Å². The van der Waals surface area contributed by atoms with E-state index in [4.69, 9.17) is 9.15 Å². The fraction of sp³-hybridized carbons (Fsp3) is 0.360. The van der Waals surface area contributed by atoms with Gasteiger partial charge >= 0.3 is 0 Å². The van der Waals surface area contributed by atoms with Gasteiger partial charge in [-0.25, -0.2) is 0 Å².